The van der Waals surface area contributed by atoms with Crippen LogP contribution in [0.2, 0.25) is 0 Å². The average Bonchev–Trinajstić information content (AvgIpc) is 2.59. The third-order valence-electron chi connectivity index (χ3n) is 4.65. The molecule has 2 aliphatic rings. The lowest BCUT2D eigenvalue weighted by molar-refractivity contribution is -0.124. The van der Waals surface area contributed by atoms with Crippen molar-refractivity contribution in [1.82, 2.24) is 15.7 Å². The molecule has 7 nitrogen and oxygen atoms in total. The van der Waals surface area contributed by atoms with E-state index in [9.17, 15) is 9.59 Å². The number of rotatable bonds is 3. The Labute approximate surface area is 146 Å². The molecule has 1 aromatic carbocycles. The molecule has 2 heterocycles. The smallest absolute Gasteiger partial charge is 0.267 e. The molecular formula is C18H23N3O4. The van der Waals surface area contributed by atoms with E-state index in [2.05, 4.69) is 24.1 Å². The molecule has 0 saturated carbocycles. The van der Waals surface area contributed by atoms with Crippen molar-refractivity contribution in [3.8, 4) is 5.75 Å². The fourth-order valence-corrected chi connectivity index (χ4v) is 3.32. The number of piperidine rings is 1. The number of likely N-dealkylation sites (tertiary alicyclic amines) is 1. The number of hydroxylamine groups is 1. The highest BCUT2D eigenvalue weighted by molar-refractivity contribution is 5.99. The predicted octanol–water partition coefficient (Wildman–Crippen LogP) is 1.53. The maximum Gasteiger partial charge on any atom is 0.267 e. The van der Waals surface area contributed by atoms with E-state index >= 15 is 0 Å². The summed E-state index contributed by atoms with van der Waals surface area (Å²) < 4.78 is 6.20. The quantitative estimate of drug-likeness (QED) is 0.439. The molecule has 1 atom stereocenters. The first-order valence-electron chi connectivity index (χ1n) is 8.44. The Kier molecular flexibility index (Phi) is 4.78. The van der Waals surface area contributed by atoms with Crippen LogP contribution in [-0.4, -0.2) is 46.8 Å². The largest absolute Gasteiger partial charge is 0.466 e. The van der Waals surface area contributed by atoms with Crippen molar-refractivity contribution in [3.05, 3.63) is 35.4 Å². The van der Waals surface area contributed by atoms with Crippen molar-refractivity contribution in [3.63, 3.8) is 0 Å². The van der Waals surface area contributed by atoms with E-state index in [1.807, 2.05) is 0 Å². The second-order valence-electron chi connectivity index (χ2n) is 6.78. The SMILES string of the molecule is CC(C)N1CCCC2(C1)NC(=O)c1cc(/C=C/C(=O)NO)ccc1O2. The summed E-state index contributed by atoms with van der Waals surface area (Å²) in [6, 6.07) is 5.59. The van der Waals surface area contributed by atoms with E-state index in [-0.39, 0.29) is 5.91 Å². The zero-order valence-electron chi connectivity index (χ0n) is 14.4. The summed E-state index contributed by atoms with van der Waals surface area (Å²) in [6.07, 6.45) is 4.45. The topological polar surface area (TPSA) is 90.9 Å². The summed E-state index contributed by atoms with van der Waals surface area (Å²) in [5, 5.41) is 11.5. The highest BCUT2D eigenvalue weighted by atomic mass is 16.5. The number of hydrogen-bond acceptors (Lipinski definition) is 5. The highest BCUT2D eigenvalue weighted by Crippen LogP contribution is 2.33. The van der Waals surface area contributed by atoms with Crippen LogP contribution in [0.15, 0.2) is 24.3 Å². The van der Waals surface area contributed by atoms with Gasteiger partial charge in [-0.3, -0.25) is 19.7 Å². The van der Waals surface area contributed by atoms with Gasteiger partial charge < -0.3 is 10.1 Å². The zero-order valence-corrected chi connectivity index (χ0v) is 14.4. The van der Waals surface area contributed by atoms with Gasteiger partial charge in [0.25, 0.3) is 11.8 Å². The third-order valence-corrected chi connectivity index (χ3v) is 4.65. The van der Waals surface area contributed by atoms with E-state index in [0.717, 1.165) is 19.4 Å². The van der Waals surface area contributed by atoms with E-state index in [1.54, 1.807) is 18.2 Å². The first kappa shape index (κ1) is 17.4. The van der Waals surface area contributed by atoms with Crippen LogP contribution in [0.5, 0.6) is 5.75 Å². The third kappa shape index (κ3) is 3.67. The van der Waals surface area contributed by atoms with Gasteiger partial charge >= 0.3 is 0 Å². The number of ether oxygens (including phenoxy) is 1. The molecule has 1 aromatic rings. The second-order valence-corrected chi connectivity index (χ2v) is 6.78. The van der Waals surface area contributed by atoms with Crippen LogP contribution in [0.1, 0.15) is 42.6 Å². The predicted molar refractivity (Wildman–Crippen MR) is 92.2 cm³/mol. The Morgan fingerprint density at radius 2 is 2.28 bits per heavy atom. The number of amides is 2. The molecule has 3 rings (SSSR count). The monoisotopic (exact) mass is 345 g/mol. The summed E-state index contributed by atoms with van der Waals surface area (Å²) in [5.41, 5.74) is 1.96. The molecule has 2 aliphatic heterocycles. The highest BCUT2D eigenvalue weighted by Gasteiger charge is 2.43. The van der Waals surface area contributed by atoms with E-state index in [1.165, 1.54) is 17.6 Å². The molecule has 1 fully saturated rings. The lowest BCUT2D eigenvalue weighted by Crippen LogP contribution is -2.64. The molecule has 1 unspecified atom stereocenters. The number of nitrogens with one attached hydrogen (secondary N) is 2. The maximum absolute atomic E-state index is 12.6. The van der Waals surface area contributed by atoms with Gasteiger partial charge in [0.2, 0.25) is 0 Å². The molecule has 134 valence electrons. The number of benzene rings is 1. The lowest BCUT2D eigenvalue weighted by atomic mass is 9.96. The van der Waals surface area contributed by atoms with Gasteiger partial charge in [0.15, 0.2) is 5.72 Å². The molecule has 25 heavy (non-hydrogen) atoms. The van der Waals surface area contributed by atoms with Gasteiger partial charge in [-0.05, 0) is 50.6 Å². The standard InChI is InChI=1S/C18H23N3O4/c1-12(2)21-9-3-8-18(11-21)19-17(23)14-10-13(4-6-15(14)25-18)5-7-16(22)20-24/h4-7,10,12,24H,3,8-9,11H2,1-2H3,(H,19,23)(H,20,22)/b7-5+. The molecule has 7 heteroatoms. The lowest BCUT2D eigenvalue weighted by Gasteiger charge is -2.46. The van der Waals surface area contributed by atoms with Crippen LogP contribution < -0.4 is 15.5 Å². The summed E-state index contributed by atoms with van der Waals surface area (Å²) in [6.45, 7) is 5.94. The minimum Gasteiger partial charge on any atom is -0.466 e. The van der Waals surface area contributed by atoms with Gasteiger partial charge in [0.05, 0.1) is 12.1 Å². The number of nitrogens with zero attached hydrogens (tertiary/aromatic N) is 1. The average molecular weight is 345 g/mol. The van der Waals surface area contributed by atoms with Gasteiger partial charge in [-0.1, -0.05) is 6.07 Å². The summed E-state index contributed by atoms with van der Waals surface area (Å²) in [5.74, 6) is -0.250. The number of carbonyl (C=O) groups is 2. The van der Waals surface area contributed by atoms with Gasteiger partial charge in [-0.15, -0.1) is 0 Å². The first-order chi connectivity index (χ1) is 11.9. The molecule has 0 aliphatic carbocycles. The normalized spacial score (nSPS) is 23.4. The molecule has 0 radical (unpaired) electrons. The van der Waals surface area contributed by atoms with E-state index < -0.39 is 11.6 Å². The molecule has 2 amide bonds. The molecule has 3 N–H and O–H groups in total. The van der Waals surface area contributed by atoms with Crippen molar-refractivity contribution in [2.24, 2.45) is 0 Å². The van der Waals surface area contributed by atoms with E-state index in [0.29, 0.717) is 29.5 Å². The van der Waals surface area contributed by atoms with Crippen molar-refractivity contribution in [2.45, 2.75) is 38.5 Å². The molecule has 0 bridgehead atoms. The number of hydrogen-bond donors (Lipinski definition) is 3. The summed E-state index contributed by atoms with van der Waals surface area (Å²) in [4.78, 5) is 26.0. The minimum atomic E-state index is -0.680. The number of fused-ring (bicyclic) bond motifs is 1. The van der Waals surface area contributed by atoms with Crippen molar-refractivity contribution < 1.29 is 19.5 Å². The van der Waals surface area contributed by atoms with Crippen LogP contribution in [0, 0.1) is 0 Å². The van der Waals surface area contributed by atoms with Gasteiger partial charge in [0, 0.05) is 18.5 Å². The van der Waals surface area contributed by atoms with Crippen LogP contribution in [0.3, 0.4) is 0 Å². The fourth-order valence-electron chi connectivity index (χ4n) is 3.32. The first-order valence-corrected chi connectivity index (χ1v) is 8.44. The second kappa shape index (κ2) is 6.85. The van der Waals surface area contributed by atoms with E-state index in [4.69, 9.17) is 9.94 Å². The van der Waals surface area contributed by atoms with Crippen LogP contribution in [0.4, 0.5) is 0 Å². The molecule has 0 aromatic heterocycles. The van der Waals surface area contributed by atoms with Crippen LogP contribution >= 0.6 is 0 Å². The number of carbonyl (C=O) groups excluding carboxylic acids is 2. The van der Waals surface area contributed by atoms with Crippen molar-refractivity contribution >= 4 is 17.9 Å². The molecular weight excluding hydrogens is 322 g/mol. The molecule has 1 saturated heterocycles. The Hall–Kier alpha value is -2.38. The Morgan fingerprint density at radius 3 is 3.00 bits per heavy atom. The van der Waals surface area contributed by atoms with Gasteiger partial charge in [-0.25, -0.2) is 5.48 Å². The van der Waals surface area contributed by atoms with Gasteiger partial charge in [0.1, 0.15) is 5.75 Å². The van der Waals surface area contributed by atoms with Crippen LogP contribution in [-0.2, 0) is 4.79 Å². The van der Waals surface area contributed by atoms with Gasteiger partial charge in [-0.2, -0.15) is 0 Å². The Bertz CT molecular complexity index is 716. The minimum absolute atomic E-state index is 0.172. The zero-order chi connectivity index (χ0) is 18.0. The summed E-state index contributed by atoms with van der Waals surface area (Å²) >= 11 is 0. The summed E-state index contributed by atoms with van der Waals surface area (Å²) in [7, 11) is 0. The van der Waals surface area contributed by atoms with Crippen molar-refractivity contribution in [2.75, 3.05) is 13.1 Å². The molecule has 1 spiro atoms. The Morgan fingerprint density at radius 1 is 1.48 bits per heavy atom. The Balaban J connectivity index is 1.83. The van der Waals surface area contributed by atoms with Crippen molar-refractivity contribution in [1.29, 1.82) is 0 Å². The van der Waals surface area contributed by atoms with Crippen LogP contribution in [0.25, 0.3) is 6.08 Å². The fraction of sp³-hybridized carbons (Fsp3) is 0.444. The maximum atomic E-state index is 12.6.